The van der Waals surface area contributed by atoms with E-state index in [1.165, 1.54) is 0 Å². The zero-order valence-corrected chi connectivity index (χ0v) is 6.29. The van der Waals surface area contributed by atoms with Gasteiger partial charge in [0, 0.05) is 0 Å². The van der Waals surface area contributed by atoms with Gasteiger partial charge < -0.3 is 10.8 Å². The number of primary amides is 1. The van der Waals surface area contributed by atoms with Crippen LogP contribution in [0.2, 0.25) is 0 Å². The van der Waals surface area contributed by atoms with Crippen LogP contribution in [0.4, 0.5) is 0 Å². The van der Waals surface area contributed by atoms with Crippen LogP contribution in [0, 0.1) is 5.92 Å². The lowest BCUT2D eigenvalue weighted by Crippen LogP contribution is -2.45. The third-order valence-corrected chi connectivity index (χ3v) is 1.28. The number of nitrogens with one attached hydrogen (secondary N) is 1. The lowest BCUT2D eigenvalue weighted by molar-refractivity contribution is -0.121. The summed E-state index contributed by atoms with van der Waals surface area (Å²) in [4.78, 5) is 10.6. The third-order valence-electron chi connectivity index (χ3n) is 1.28. The van der Waals surface area contributed by atoms with Crippen molar-refractivity contribution < 1.29 is 9.90 Å². The fourth-order valence-electron chi connectivity index (χ4n) is 0.763. The smallest absolute Gasteiger partial charge is 0.234 e. The van der Waals surface area contributed by atoms with Gasteiger partial charge in [0.1, 0.15) is 0 Å². The predicted molar refractivity (Wildman–Crippen MR) is 38.0 cm³/mol. The van der Waals surface area contributed by atoms with Crippen LogP contribution in [0.5, 0.6) is 0 Å². The summed E-state index contributed by atoms with van der Waals surface area (Å²) in [6, 6.07) is -0.426. The van der Waals surface area contributed by atoms with Crippen LogP contribution in [0.15, 0.2) is 0 Å². The molecule has 4 heteroatoms. The molecule has 0 heterocycles. The van der Waals surface area contributed by atoms with Crippen LogP contribution in [0.1, 0.15) is 13.8 Å². The second-order valence-corrected chi connectivity index (χ2v) is 2.49. The van der Waals surface area contributed by atoms with Gasteiger partial charge in [0.05, 0.1) is 12.8 Å². The molecule has 0 aliphatic carbocycles. The molecule has 0 aromatic carbocycles. The minimum atomic E-state index is -0.427. The van der Waals surface area contributed by atoms with Crippen LogP contribution < -0.4 is 11.1 Å². The molecule has 10 heavy (non-hydrogen) atoms. The van der Waals surface area contributed by atoms with Crippen molar-refractivity contribution >= 4 is 5.91 Å². The number of hydrogen-bond donors (Lipinski definition) is 3. The SMILES string of the molecule is CC(C)[C@@H](NCO)C(N)=O. The Balaban J connectivity index is 3.85. The van der Waals surface area contributed by atoms with Gasteiger partial charge in [0.15, 0.2) is 0 Å². The van der Waals surface area contributed by atoms with Crippen LogP contribution in [0.25, 0.3) is 0 Å². The van der Waals surface area contributed by atoms with Gasteiger partial charge in [-0.1, -0.05) is 13.8 Å². The Morgan fingerprint density at radius 1 is 1.70 bits per heavy atom. The van der Waals surface area contributed by atoms with E-state index in [4.69, 9.17) is 10.8 Å². The number of hydrogen-bond acceptors (Lipinski definition) is 3. The minimum Gasteiger partial charge on any atom is -0.381 e. The van der Waals surface area contributed by atoms with Crippen molar-refractivity contribution in [3.63, 3.8) is 0 Å². The van der Waals surface area contributed by atoms with Gasteiger partial charge in [-0.3, -0.25) is 10.1 Å². The molecule has 1 atom stereocenters. The zero-order valence-electron chi connectivity index (χ0n) is 6.29. The van der Waals surface area contributed by atoms with E-state index >= 15 is 0 Å². The van der Waals surface area contributed by atoms with Crippen molar-refractivity contribution in [3.05, 3.63) is 0 Å². The molecule has 0 aromatic heterocycles. The largest absolute Gasteiger partial charge is 0.381 e. The lowest BCUT2D eigenvalue weighted by Gasteiger charge is -2.16. The molecule has 0 spiro atoms. The van der Waals surface area contributed by atoms with Crippen LogP contribution in [-0.2, 0) is 4.79 Å². The normalized spacial score (nSPS) is 13.6. The molecule has 0 rings (SSSR count). The van der Waals surface area contributed by atoms with Gasteiger partial charge in [0.25, 0.3) is 0 Å². The fourth-order valence-corrected chi connectivity index (χ4v) is 0.763. The standard InChI is InChI=1S/C6H14N2O2/c1-4(2)5(6(7)10)8-3-9/h4-5,8-9H,3H2,1-2H3,(H2,7,10)/t5-/m1/s1. The highest BCUT2D eigenvalue weighted by molar-refractivity contribution is 5.80. The monoisotopic (exact) mass is 146 g/mol. The fraction of sp³-hybridized carbons (Fsp3) is 0.833. The Labute approximate surface area is 60.4 Å². The molecule has 0 fully saturated rings. The summed E-state index contributed by atoms with van der Waals surface area (Å²) in [6.07, 6.45) is 0. The summed E-state index contributed by atoms with van der Waals surface area (Å²) >= 11 is 0. The van der Waals surface area contributed by atoms with Gasteiger partial charge in [-0.05, 0) is 5.92 Å². The first-order chi connectivity index (χ1) is 4.59. The van der Waals surface area contributed by atoms with E-state index in [9.17, 15) is 4.79 Å². The average molecular weight is 146 g/mol. The van der Waals surface area contributed by atoms with E-state index in [0.29, 0.717) is 0 Å². The minimum absolute atomic E-state index is 0.115. The summed E-state index contributed by atoms with van der Waals surface area (Å²) in [5, 5.41) is 11.0. The Kier molecular flexibility index (Phi) is 3.99. The van der Waals surface area contributed by atoms with Crippen LogP contribution in [-0.4, -0.2) is 23.8 Å². The number of aliphatic hydroxyl groups excluding tert-OH is 1. The topological polar surface area (TPSA) is 75.3 Å². The first kappa shape index (κ1) is 9.39. The number of rotatable bonds is 4. The molecule has 1 amide bonds. The third kappa shape index (κ3) is 2.80. The highest BCUT2D eigenvalue weighted by Gasteiger charge is 2.17. The van der Waals surface area contributed by atoms with Crippen molar-refractivity contribution in [1.82, 2.24) is 5.32 Å². The number of carbonyl (C=O) groups excluding carboxylic acids is 1. The summed E-state index contributed by atoms with van der Waals surface area (Å²) in [5.41, 5.74) is 5.01. The quantitative estimate of drug-likeness (QED) is 0.447. The van der Waals surface area contributed by atoms with Gasteiger partial charge in [-0.15, -0.1) is 0 Å². The van der Waals surface area contributed by atoms with Gasteiger partial charge >= 0.3 is 0 Å². The molecular formula is C6H14N2O2. The highest BCUT2D eigenvalue weighted by Crippen LogP contribution is 1.98. The van der Waals surface area contributed by atoms with Gasteiger partial charge in [0.2, 0.25) is 5.91 Å². The van der Waals surface area contributed by atoms with Crippen LogP contribution >= 0.6 is 0 Å². The summed E-state index contributed by atoms with van der Waals surface area (Å²) in [6.45, 7) is 3.50. The Bertz CT molecular complexity index is 114. The number of nitrogens with two attached hydrogens (primary N) is 1. The Morgan fingerprint density at radius 2 is 2.20 bits per heavy atom. The molecule has 0 unspecified atom stereocenters. The Morgan fingerprint density at radius 3 is 2.30 bits per heavy atom. The molecule has 0 aliphatic heterocycles. The van der Waals surface area contributed by atoms with E-state index < -0.39 is 11.9 Å². The van der Waals surface area contributed by atoms with Crippen molar-refractivity contribution in [2.45, 2.75) is 19.9 Å². The van der Waals surface area contributed by atoms with E-state index in [2.05, 4.69) is 5.32 Å². The van der Waals surface area contributed by atoms with E-state index in [1.807, 2.05) is 13.8 Å². The molecular weight excluding hydrogens is 132 g/mol. The zero-order chi connectivity index (χ0) is 8.15. The molecule has 0 radical (unpaired) electrons. The predicted octanol–water partition coefficient (Wildman–Crippen LogP) is -0.964. The second kappa shape index (κ2) is 4.24. The van der Waals surface area contributed by atoms with Crippen molar-refractivity contribution in [2.75, 3.05) is 6.73 Å². The average Bonchev–Trinajstić information content (AvgIpc) is 1.81. The maximum atomic E-state index is 10.6. The molecule has 4 N–H and O–H groups in total. The molecule has 0 aliphatic rings. The molecule has 0 aromatic rings. The van der Waals surface area contributed by atoms with Gasteiger partial charge in [-0.2, -0.15) is 0 Å². The molecule has 0 bridgehead atoms. The molecule has 4 nitrogen and oxygen atoms in total. The number of aliphatic hydroxyl groups is 1. The first-order valence-electron chi connectivity index (χ1n) is 3.23. The summed E-state index contributed by atoms with van der Waals surface area (Å²) < 4.78 is 0. The molecule has 0 saturated carbocycles. The molecule has 0 saturated heterocycles. The highest BCUT2D eigenvalue weighted by atomic mass is 16.3. The summed E-state index contributed by atoms with van der Waals surface area (Å²) in [5.74, 6) is -0.311. The number of amides is 1. The van der Waals surface area contributed by atoms with E-state index in [1.54, 1.807) is 0 Å². The van der Waals surface area contributed by atoms with Crippen molar-refractivity contribution in [1.29, 1.82) is 0 Å². The van der Waals surface area contributed by atoms with Crippen molar-refractivity contribution in [2.24, 2.45) is 11.7 Å². The van der Waals surface area contributed by atoms with E-state index in [-0.39, 0.29) is 12.6 Å². The molecule has 60 valence electrons. The maximum absolute atomic E-state index is 10.6. The number of carbonyl (C=O) groups is 1. The van der Waals surface area contributed by atoms with Crippen LogP contribution in [0.3, 0.4) is 0 Å². The first-order valence-corrected chi connectivity index (χ1v) is 3.23. The second-order valence-electron chi connectivity index (χ2n) is 2.49. The Hall–Kier alpha value is -0.610. The lowest BCUT2D eigenvalue weighted by atomic mass is 10.0. The maximum Gasteiger partial charge on any atom is 0.234 e. The summed E-state index contributed by atoms with van der Waals surface area (Å²) in [7, 11) is 0. The van der Waals surface area contributed by atoms with Crippen molar-refractivity contribution in [3.8, 4) is 0 Å². The van der Waals surface area contributed by atoms with Gasteiger partial charge in [-0.25, -0.2) is 0 Å². The van der Waals surface area contributed by atoms with E-state index in [0.717, 1.165) is 0 Å².